The van der Waals surface area contributed by atoms with E-state index in [0.29, 0.717) is 19.1 Å². The zero-order chi connectivity index (χ0) is 15.0. The molecular formula is C17H26N2O. The summed E-state index contributed by atoms with van der Waals surface area (Å²) in [6.45, 7) is 10.1. The molecule has 1 rings (SSSR count). The largest absolute Gasteiger partial charge is 0.493 e. The Balaban J connectivity index is 2.58. The summed E-state index contributed by atoms with van der Waals surface area (Å²) in [5.41, 5.74) is 3.67. The van der Waals surface area contributed by atoms with Gasteiger partial charge in [-0.25, -0.2) is 0 Å². The number of ether oxygens (including phenoxy) is 1. The average molecular weight is 274 g/mol. The summed E-state index contributed by atoms with van der Waals surface area (Å²) in [7, 11) is 0. The molecule has 3 nitrogen and oxygen atoms in total. The van der Waals surface area contributed by atoms with E-state index < -0.39 is 0 Å². The molecule has 0 aliphatic heterocycles. The highest BCUT2D eigenvalue weighted by molar-refractivity contribution is 5.43. The van der Waals surface area contributed by atoms with E-state index in [4.69, 9.17) is 10.00 Å². The van der Waals surface area contributed by atoms with Crippen LogP contribution in [0.2, 0.25) is 0 Å². The Morgan fingerprint density at radius 1 is 1.20 bits per heavy atom. The topological polar surface area (TPSA) is 45.0 Å². The van der Waals surface area contributed by atoms with Crippen LogP contribution >= 0.6 is 0 Å². The number of unbranched alkanes of at least 4 members (excludes halogenated alkanes) is 2. The number of nitrogens with zero attached hydrogens (tertiary/aromatic N) is 1. The van der Waals surface area contributed by atoms with Crippen molar-refractivity contribution in [1.82, 2.24) is 5.32 Å². The van der Waals surface area contributed by atoms with Gasteiger partial charge in [-0.15, -0.1) is 0 Å². The summed E-state index contributed by atoms with van der Waals surface area (Å²) >= 11 is 0. The Bertz CT molecular complexity index is 438. The molecule has 0 saturated carbocycles. The molecule has 0 aliphatic rings. The van der Waals surface area contributed by atoms with Gasteiger partial charge in [0.15, 0.2) is 0 Å². The van der Waals surface area contributed by atoms with Crippen LogP contribution in [0, 0.1) is 25.2 Å². The fourth-order valence-electron chi connectivity index (χ4n) is 2.17. The standard InChI is InChI=1S/C17H26N2O/c1-13(2)19-12-16-10-14(3)17(15(4)11-16)20-9-7-5-6-8-18/h10-11,13,19H,5-7,9,12H2,1-4H3. The zero-order valence-corrected chi connectivity index (χ0v) is 13.1. The van der Waals surface area contributed by atoms with Crippen molar-refractivity contribution in [2.24, 2.45) is 0 Å². The maximum absolute atomic E-state index is 8.49. The van der Waals surface area contributed by atoms with E-state index >= 15 is 0 Å². The molecule has 110 valence electrons. The lowest BCUT2D eigenvalue weighted by molar-refractivity contribution is 0.303. The Labute approximate surface area is 123 Å². The molecule has 0 bridgehead atoms. The number of aryl methyl sites for hydroxylation is 2. The minimum absolute atomic E-state index is 0.492. The predicted octanol–water partition coefficient (Wildman–Crippen LogP) is 3.87. The van der Waals surface area contributed by atoms with E-state index in [0.717, 1.165) is 25.1 Å². The number of hydrogen-bond donors (Lipinski definition) is 1. The highest BCUT2D eigenvalue weighted by atomic mass is 16.5. The van der Waals surface area contributed by atoms with E-state index in [2.05, 4.69) is 51.2 Å². The van der Waals surface area contributed by atoms with Crippen LogP contribution in [-0.2, 0) is 6.54 Å². The smallest absolute Gasteiger partial charge is 0.125 e. The van der Waals surface area contributed by atoms with Crippen LogP contribution in [0.1, 0.15) is 49.8 Å². The van der Waals surface area contributed by atoms with Gasteiger partial charge in [0.2, 0.25) is 0 Å². The Morgan fingerprint density at radius 2 is 1.85 bits per heavy atom. The average Bonchev–Trinajstić information content (AvgIpc) is 2.38. The summed E-state index contributed by atoms with van der Waals surface area (Å²) in [4.78, 5) is 0. The number of nitriles is 1. The second-order valence-corrected chi connectivity index (χ2v) is 5.56. The molecule has 0 heterocycles. The van der Waals surface area contributed by atoms with Gasteiger partial charge in [-0.05, 0) is 43.4 Å². The van der Waals surface area contributed by atoms with Gasteiger partial charge in [-0.1, -0.05) is 26.0 Å². The molecule has 0 unspecified atom stereocenters. The first-order valence-corrected chi connectivity index (χ1v) is 7.38. The summed E-state index contributed by atoms with van der Waals surface area (Å²) in [6, 6.07) is 7.02. The number of rotatable bonds is 8. The fraction of sp³-hybridized carbons (Fsp3) is 0.588. The molecule has 1 aromatic carbocycles. The first-order chi connectivity index (χ1) is 9.54. The van der Waals surface area contributed by atoms with Crippen molar-refractivity contribution in [3.05, 3.63) is 28.8 Å². The van der Waals surface area contributed by atoms with Crippen molar-refractivity contribution in [1.29, 1.82) is 5.26 Å². The van der Waals surface area contributed by atoms with Gasteiger partial charge in [0.25, 0.3) is 0 Å². The third-order valence-corrected chi connectivity index (χ3v) is 3.16. The van der Waals surface area contributed by atoms with Crippen LogP contribution in [0.5, 0.6) is 5.75 Å². The van der Waals surface area contributed by atoms with E-state index in [1.807, 2.05) is 0 Å². The van der Waals surface area contributed by atoms with Gasteiger partial charge in [-0.3, -0.25) is 0 Å². The SMILES string of the molecule is Cc1cc(CNC(C)C)cc(C)c1OCCCCC#N. The van der Waals surface area contributed by atoms with E-state index in [1.165, 1.54) is 16.7 Å². The molecule has 0 aliphatic carbocycles. The van der Waals surface area contributed by atoms with Crippen molar-refractivity contribution < 1.29 is 4.74 Å². The molecule has 0 atom stereocenters. The van der Waals surface area contributed by atoms with E-state index in [9.17, 15) is 0 Å². The quantitative estimate of drug-likeness (QED) is 0.732. The van der Waals surface area contributed by atoms with Crippen LogP contribution in [0.25, 0.3) is 0 Å². The van der Waals surface area contributed by atoms with Gasteiger partial charge in [-0.2, -0.15) is 5.26 Å². The normalized spacial score (nSPS) is 10.6. The Hall–Kier alpha value is -1.53. The zero-order valence-electron chi connectivity index (χ0n) is 13.1. The first-order valence-electron chi connectivity index (χ1n) is 7.38. The minimum atomic E-state index is 0.492. The van der Waals surface area contributed by atoms with Gasteiger partial charge in [0, 0.05) is 19.0 Å². The molecule has 3 heteroatoms. The van der Waals surface area contributed by atoms with Crippen molar-refractivity contribution in [3.8, 4) is 11.8 Å². The maximum Gasteiger partial charge on any atom is 0.125 e. The van der Waals surface area contributed by atoms with E-state index in [-0.39, 0.29) is 0 Å². The maximum atomic E-state index is 8.49. The molecule has 0 spiro atoms. The van der Waals surface area contributed by atoms with Gasteiger partial charge >= 0.3 is 0 Å². The third-order valence-electron chi connectivity index (χ3n) is 3.16. The molecule has 0 aromatic heterocycles. The van der Waals surface area contributed by atoms with Crippen molar-refractivity contribution in [2.45, 2.75) is 59.5 Å². The van der Waals surface area contributed by atoms with E-state index in [1.54, 1.807) is 0 Å². The van der Waals surface area contributed by atoms with Crippen LogP contribution < -0.4 is 10.1 Å². The lowest BCUT2D eigenvalue weighted by Crippen LogP contribution is -2.21. The Kier molecular flexibility index (Phi) is 7.11. The second kappa shape index (κ2) is 8.60. The van der Waals surface area contributed by atoms with Gasteiger partial charge < -0.3 is 10.1 Å². The Morgan fingerprint density at radius 3 is 2.40 bits per heavy atom. The van der Waals surface area contributed by atoms with Crippen molar-refractivity contribution in [2.75, 3.05) is 6.61 Å². The predicted molar refractivity (Wildman–Crippen MR) is 82.9 cm³/mol. The van der Waals surface area contributed by atoms with Crippen molar-refractivity contribution in [3.63, 3.8) is 0 Å². The van der Waals surface area contributed by atoms with Crippen molar-refractivity contribution >= 4 is 0 Å². The summed E-state index contributed by atoms with van der Waals surface area (Å²) in [5, 5.41) is 11.9. The third kappa shape index (κ3) is 5.63. The highest BCUT2D eigenvalue weighted by Gasteiger charge is 2.07. The monoisotopic (exact) mass is 274 g/mol. The second-order valence-electron chi connectivity index (χ2n) is 5.56. The summed E-state index contributed by atoms with van der Waals surface area (Å²) in [5.74, 6) is 0.996. The molecule has 0 fully saturated rings. The molecule has 1 aromatic rings. The summed E-state index contributed by atoms with van der Waals surface area (Å²) in [6.07, 6.45) is 2.45. The van der Waals surface area contributed by atoms with Crippen LogP contribution in [0.15, 0.2) is 12.1 Å². The molecule has 0 radical (unpaired) electrons. The fourth-order valence-corrected chi connectivity index (χ4v) is 2.17. The molecule has 20 heavy (non-hydrogen) atoms. The molecule has 1 N–H and O–H groups in total. The first kappa shape index (κ1) is 16.5. The van der Waals surface area contributed by atoms with Crippen LogP contribution in [0.3, 0.4) is 0 Å². The van der Waals surface area contributed by atoms with Gasteiger partial charge in [0.05, 0.1) is 12.7 Å². The summed E-state index contributed by atoms with van der Waals surface area (Å²) < 4.78 is 5.86. The number of benzene rings is 1. The lowest BCUT2D eigenvalue weighted by Gasteiger charge is -2.15. The van der Waals surface area contributed by atoms with Gasteiger partial charge in [0.1, 0.15) is 5.75 Å². The molecule has 0 amide bonds. The van der Waals surface area contributed by atoms with Crippen LogP contribution in [-0.4, -0.2) is 12.6 Å². The van der Waals surface area contributed by atoms with Crippen LogP contribution in [0.4, 0.5) is 0 Å². The number of nitrogens with one attached hydrogen (secondary N) is 1. The number of hydrogen-bond acceptors (Lipinski definition) is 3. The highest BCUT2D eigenvalue weighted by Crippen LogP contribution is 2.25. The molecular weight excluding hydrogens is 248 g/mol. The molecule has 0 saturated heterocycles. The minimum Gasteiger partial charge on any atom is -0.493 e. The lowest BCUT2D eigenvalue weighted by atomic mass is 10.1.